The molecule has 0 unspecified atom stereocenters. The Hall–Kier alpha value is -7.21. The molecule has 11 rings (SSSR count). The third-order valence-electron chi connectivity index (χ3n) is 11.9. The Labute approximate surface area is 338 Å². The van der Waals surface area contributed by atoms with Crippen LogP contribution in [0.15, 0.2) is 194 Å². The maximum atomic E-state index is 4.95. The van der Waals surface area contributed by atoms with Crippen molar-refractivity contribution in [3.8, 4) is 73.2 Å². The fourth-order valence-electron chi connectivity index (χ4n) is 9.13. The first-order valence-corrected chi connectivity index (χ1v) is 22.9. The molecule has 2 aromatic heterocycles. The zero-order valence-electron chi connectivity index (χ0n) is 32.3. The summed E-state index contributed by atoms with van der Waals surface area (Å²) in [7, 11) is -1.95. The van der Waals surface area contributed by atoms with Crippen LogP contribution < -0.4 is 10.4 Å². The van der Waals surface area contributed by atoms with Crippen LogP contribution in [0.4, 0.5) is 0 Å². The summed E-state index contributed by atoms with van der Waals surface area (Å²) in [6, 6.07) is 69.5. The van der Waals surface area contributed by atoms with Crippen LogP contribution in [0, 0.1) is 0 Å². The highest BCUT2D eigenvalue weighted by Crippen LogP contribution is 2.40. The van der Waals surface area contributed by atoms with E-state index in [1.54, 1.807) is 0 Å². The van der Waals surface area contributed by atoms with Crippen LogP contribution in [0.5, 0.6) is 0 Å². The minimum absolute atomic E-state index is 0.649. The molecule has 8 aromatic carbocycles. The molecule has 1 aliphatic heterocycles. The van der Waals surface area contributed by atoms with Crippen LogP contribution in [-0.2, 0) is 0 Å². The van der Waals surface area contributed by atoms with Gasteiger partial charge in [0.1, 0.15) is 8.07 Å². The van der Waals surface area contributed by atoms with Gasteiger partial charge in [0.15, 0.2) is 17.5 Å². The molecule has 10 aromatic rings. The molecule has 0 N–H and O–H groups in total. The molecule has 0 saturated heterocycles. The standard InChI is InChI=1S/C53H38N4Si/c1-58(2)49-27-14-11-22-42(49)44-24-15-23-43(50(44)58)40-20-9-12-25-46(40)57-47-26-13-10-21-41(47)45-34-39(32-33-48(45)57)35-28-30-38(31-29-35)53-55-51(36-16-5-3-6-17-36)54-52(56-53)37-18-7-4-8-19-37/h3-34H,1-2H3. The van der Waals surface area contributed by atoms with Gasteiger partial charge in [0.05, 0.1) is 16.7 Å². The molecule has 0 spiro atoms. The van der Waals surface area contributed by atoms with E-state index in [4.69, 9.17) is 15.0 Å². The number of aromatic nitrogens is 4. The highest BCUT2D eigenvalue weighted by molar-refractivity contribution is 7.04. The molecule has 0 aliphatic carbocycles. The molecule has 274 valence electrons. The summed E-state index contributed by atoms with van der Waals surface area (Å²) >= 11 is 0. The third kappa shape index (κ3) is 5.46. The molecule has 0 fully saturated rings. The number of rotatable bonds is 6. The number of benzene rings is 8. The minimum atomic E-state index is -1.95. The van der Waals surface area contributed by atoms with Crippen molar-refractivity contribution in [1.82, 2.24) is 19.5 Å². The van der Waals surface area contributed by atoms with Crippen molar-refractivity contribution in [1.29, 1.82) is 0 Å². The average molecular weight is 759 g/mol. The number of nitrogens with zero attached hydrogens (tertiary/aromatic N) is 4. The lowest BCUT2D eigenvalue weighted by atomic mass is 9.97. The van der Waals surface area contributed by atoms with Crippen molar-refractivity contribution in [2.24, 2.45) is 0 Å². The molecule has 0 radical (unpaired) electrons. The Morgan fingerprint density at radius 1 is 0.362 bits per heavy atom. The summed E-state index contributed by atoms with van der Waals surface area (Å²) in [5.74, 6) is 1.96. The van der Waals surface area contributed by atoms with Crippen LogP contribution in [0.25, 0.3) is 95.0 Å². The van der Waals surface area contributed by atoms with Crippen LogP contribution >= 0.6 is 0 Å². The zero-order chi connectivity index (χ0) is 38.8. The lowest BCUT2D eigenvalue weighted by molar-refractivity contribution is 1.07. The highest BCUT2D eigenvalue weighted by atomic mass is 28.3. The van der Waals surface area contributed by atoms with E-state index in [9.17, 15) is 0 Å². The van der Waals surface area contributed by atoms with Crippen molar-refractivity contribution in [3.63, 3.8) is 0 Å². The maximum Gasteiger partial charge on any atom is 0.164 e. The van der Waals surface area contributed by atoms with E-state index in [-0.39, 0.29) is 0 Å². The Balaban J connectivity index is 1.01. The van der Waals surface area contributed by atoms with Gasteiger partial charge < -0.3 is 4.57 Å². The lowest BCUT2D eigenvalue weighted by Gasteiger charge is -2.24. The van der Waals surface area contributed by atoms with Crippen molar-refractivity contribution in [3.05, 3.63) is 194 Å². The number of fused-ring (bicyclic) bond motifs is 6. The molecule has 4 nitrogen and oxygen atoms in total. The predicted molar refractivity (Wildman–Crippen MR) is 244 cm³/mol. The second-order valence-corrected chi connectivity index (χ2v) is 19.9. The zero-order valence-corrected chi connectivity index (χ0v) is 33.3. The first kappa shape index (κ1) is 34.1. The normalized spacial score (nSPS) is 12.8. The minimum Gasteiger partial charge on any atom is -0.309 e. The number of hydrogen-bond acceptors (Lipinski definition) is 3. The van der Waals surface area contributed by atoms with E-state index in [1.165, 1.54) is 60.1 Å². The molecule has 58 heavy (non-hydrogen) atoms. The molecule has 5 heteroatoms. The van der Waals surface area contributed by atoms with Crippen molar-refractivity contribution >= 4 is 40.3 Å². The van der Waals surface area contributed by atoms with Gasteiger partial charge >= 0.3 is 0 Å². The molecule has 3 heterocycles. The Morgan fingerprint density at radius 2 is 0.845 bits per heavy atom. The number of hydrogen-bond donors (Lipinski definition) is 0. The Bertz CT molecular complexity index is 3130. The predicted octanol–water partition coefficient (Wildman–Crippen LogP) is 12.1. The molecule has 1 aliphatic rings. The number of para-hydroxylation sites is 2. The SMILES string of the molecule is C[Si]1(C)c2ccccc2-c2cccc(-c3ccccc3-n3c4ccccc4c4cc(-c5ccc(-c6nc(-c7ccccc7)nc(-c7ccccc7)n6)cc5)ccc43)c21. The summed E-state index contributed by atoms with van der Waals surface area (Å²) in [5, 5.41) is 5.51. The van der Waals surface area contributed by atoms with Gasteiger partial charge in [-0.15, -0.1) is 0 Å². The molecule has 0 saturated carbocycles. The Morgan fingerprint density at radius 3 is 1.53 bits per heavy atom. The largest absolute Gasteiger partial charge is 0.309 e. The second-order valence-electron chi connectivity index (χ2n) is 15.6. The summed E-state index contributed by atoms with van der Waals surface area (Å²) in [4.78, 5) is 14.8. The van der Waals surface area contributed by atoms with E-state index in [0.29, 0.717) is 17.5 Å². The van der Waals surface area contributed by atoms with E-state index >= 15 is 0 Å². The molecular formula is C53H38N4Si. The first-order chi connectivity index (χ1) is 28.5. The monoisotopic (exact) mass is 758 g/mol. The van der Waals surface area contributed by atoms with E-state index < -0.39 is 8.07 Å². The smallest absolute Gasteiger partial charge is 0.164 e. The lowest BCUT2D eigenvalue weighted by Crippen LogP contribution is -2.50. The molecule has 0 amide bonds. The topological polar surface area (TPSA) is 43.6 Å². The van der Waals surface area contributed by atoms with Crippen molar-refractivity contribution in [2.45, 2.75) is 13.1 Å². The summed E-state index contributed by atoms with van der Waals surface area (Å²) in [6.07, 6.45) is 0. The van der Waals surface area contributed by atoms with Gasteiger partial charge in [-0.05, 0) is 62.5 Å². The van der Waals surface area contributed by atoms with Crippen LogP contribution in [0.1, 0.15) is 0 Å². The van der Waals surface area contributed by atoms with E-state index in [2.05, 4.69) is 151 Å². The maximum absolute atomic E-state index is 4.95. The van der Waals surface area contributed by atoms with Gasteiger partial charge in [0.2, 0.25) is 0 Å². The summed E-state index contributed by atoms with van der Waals surface area (Å²) in [6.45, 7) is 5.01. The van der Waals surface area contributed by atoms with Crippen LogP contribution in [-0.4, -0.2) is 27.6 Å². The van der Waals surface area contributed by atoms with Gasteiger partial charge in [0.25, 0.3) is 0 Å². The first-order valence-electron chi connectivity index (χ1n) is 19.9. The van der Waals surface area contributed by atoms with Gasteiger partial charge in [-0.3, -0.25) is 0 Å². The average Bonchev–Trinajstić information content (AvgIpc) is 3.75. The van der Waals surface area contributed by atoms with Crippen molar-refractivity contribution < 1.29 is 0 Å². The molecular weight excluding hydrogens is 721 g/mol. The third-order valence-corrected chi connectivity index (χ3v) is 15.4. The quantitative estimate of drug-likeness (QED) is 0.159. The van der Waals surface area contributed by atoms with Gasteiger partial charge in [-0.2, -0.15) is 0 Å². The highest BCUT2D eigenvalue weighted by Gasteiger charge is 2.39. The van der Waals surface area contributed by atoms with E-state index in [1.807, 2.05) is 60.7 Å². The van der Waals surface area contributed by atoms with Crippen molar-refractivity contribution in [2.75, 3.05) is 0 Å². The van der Waals surface area contributed by atoms with Crippen LogP contribution in [0.2, 0.25) is 13.1 Å². The van der Waals surface area contributed by atoms with Gasteiger partial charge in [-0.1, -0.05) is 183 Å². The van der Waals surface area contributed by atoms with Gasteiger partial charge in [0, 0.05) is 33.0 Å². The molecule has 0 bridgehead atoms. The van der Waals surface area contributed by atoms with E-state index in [0.717, 1.165) is 27.8 Å². The fourth-order valence-corrected chi connectivity index (χ4v) is 12.6. The second kappa shape index (κ2) is 13.5. The summed E-state index contributed by atoms with van der Waals surface area (Å²) in [5.41, 5.74) is 14.1. The van der Waals surface area contributed by atoms with Crippen LogP contribution in [0.3, 0.4) is 0 Å². The molecule has 0 atom stereocenters. The fraction of sp³-hybridized carbons (Fsp3) is 0.0377. The Kier molecular flexibility index (Phi) is 7.91. The summed E-state index contributed by atoms with van der Waals surface area (Å²) < 4.78 is 2.47. The van der Waals surface area contributed by atoms with Gasteiger partial charge in [-0.25, -0.2) is 15.0 Å².